The van der Waals surface area contributed by atoms with E-state index in [9.17, 15) is 19.2 Å². The quantitative estimate of drug-likeness (QED) is 0.193. The van der Waals surface area contributed by atoms with Gasteiger partial charge in [-0.25, -0.2) is 9.59 Å². The number of nitrogens with one attached hydrogen (secondary N) is 4. The Labute approximate surface area is 248 Å². The summed E-state index contributed by atoms with van der Waals surface area (Å²) in [5.74, 6) is -0.715. The van der Waals surface area contributed by atoms with E-state index in [2.05, 4.69) is 21.3 Å². The van der Waals surface area contributed by atoms with Crippen LogP contribution in [0.15, 0.2) is 72.8 Å². The molecule has 0 radical (unpaired) electrons. The number of hydrogen-bond acceptors (Lipinski definition) is 6. The minimum absolute atomic E-state index is 0.0315. The number of hydrogen-bond donors (Lipinski definition) is 4. The topological polar surface area (TPSA) is 135 Å². The molecule has 0 saturated carbocycles. The van der Waals surface area contributed by atoms with Gasteiger partial charge in [0, 0.05) is 18.7 Å². The number of carbonyl (C=O) groups is 4. The van der Waals surface area contributed by atoms with Crippen molar-refractivity contribution in [3.8, 4) is 0 Å². The van der Waals surface area contributed by atoms with Gasteiger partial charge in [0.2, 0.25) is 11.8 Å². The number of rotatable bonds is 14. The third kappa shape index (κ3) is 14.9. The third-order valence-electron chi connectivity index (χ3n) is 5.70. The van der Waals surface area contributed by atoms with E-state index in [1.807, 2.05) is 74.5 Å². The molecule has 0 aliphatic carbocycles. The van der Waals surface area contributed by atoms with Crippen molar-refractivity contribution in [3.63, 3.8) is 0 Å². The molecule has 0 saturated heterocycles. The fourth-order valence-corrected chi connectivity index (χ4v) is 3.84. The first-order chi connectivity index (χ1) is 19.9. The van der Waals surface area contributed by atoms with Crippen LogP contribution in [0.1, 0.15) is 58.6 Å². The maximum Gasteiger partial charge on any atom is 0.408 e. The van der Waals surface area contributed by atoms with Gasteiger partial charge in [0.15, 0.2) is 0 Å². The molecule has 2 aromatic rings. The average Bonchev–Trinajstić information content (AvgIpc) is 2.92. The van der Waals surface area contributed by atoms with Crippen molar-refractivity contribution in [1.29, 1.82) is 0 Å². The molecule has 228 valence electrons. The minimum Gasteiger partial charge on any atom is -0.445 e. The van der Waals surface area contributed by atoms with Crippen LogP contribution in [-0.4, -0.2) is 54.3 Å². The fourth-order valence-electron chi connectivity index (χ4n) is 3.84. The second kappa shape index (κ2) is 17.5. The molecule has 0 aromatic heterocycles. The summed E-state index contributed by atoms with van der Waals surface area (Å²) in [5.41, 5.74) is 1.08. The van der Waals surface area contributed by atoms with E-state index in [-0.39, 0.29) is 31.5 Å². The normalized spacial score (nSPS) is 12.7. The summed E-state index contributed by atoms with van der Waals surface area (Å²) in [6, 6.07) is 17.4. The highest BCUT2D eigenvalue weighted by Crippen LogP contribution is 2.10. The highest BCUT2D eigenvalue weighted by molar-refractivity contribution is 5.88. The van der Waals surface area contributed by atoms with E-state index in [0.29, 0.717) is 12.8 Å². The van der Waals surface area contributed by atoms with Crippen LogP contribution in [0.2, 0.25) is 0 Å². The number of alkyl carbamates (subject to hydrolysis) is 2. The lowest BCUT2D eigenvalue weighted by atomic mass is 10.0. The summed E-state index contributed by atoms with van der Waals surface area (Å²) in [4.78, 5) is 50.3. The van der Waals surface area contributed by atoms with Crippen molar-refractivity contribution >= 4 is 24.0 Å². The molecule has 2 atom stereocenters. The molecule has 0 heterocycles. The lowest BCUT2D eigenvalue weighted by Crippen LogP contribution is -2.51. The number of benzene rings is 2. The number of carbonyl (C=O) groups excluding carboxylic acids is 4. The molecule has 0 bridgehead atoms. The molecule has 0 aliphatic rings. The van der Waals surface area contributed by atoms with Gasteiger partial charge in [-0.2, -0.15) is 0 Å². The van der Waals surface area contributed by atoms with Crippen LogP contribution in [0.3, 0.4) is 0 Å². The largest absolute Gasteiger partial charge is 0.445 e. The summed E-state index contributed by atoms with van der Waals surface area (Å²) in [6.45, 7) is 9.29. The molecular weight excluding hydrogens is 536 g/mol. The van der Waals surface area contributed by atoms with Gasteiger partial charge >= 0.3 is 12.2 Å². The summed E-state index contributed by atoms with van der Waals surface area (Å²) in [7, 11) is 0. The molecule has 10 nitrogen and oxygen atoms in total. The van der Waals surface area contributed by atoms with Gasteiger partial charge in [0.1, 0.15) is 18.2 Å². The van der Waals surface area contributed by atoms with Crippen molar-refractivity contribution in [2.24, 2.45) is 0 Å². The lowest BCUT2D eigenvalue weighted by Gasteiger charge is -2.25. The summed E-state index contributed by atoms with van der Waals surface area (Å²) in [6.07, 6.45) is 2.76. The Kier molecular flexibility index (Phi) is 14.1. The first-order valence-corrected chi connectivity index (χ1v) is 14.2. The van der Waals surface area contributed by atoms with E-state index in [1.54, 1.807) is 26.8 Å². The monoisotopic (exact) mass is 580 g/mol. The van der Waals surface area contributed by atoms with E-state index >= 15 is 0 Å². The third-order valence-corrected chi connectivity index (χ3v) is 5.70. The van der Waals surface area contributed by atoms with Crippen molar-refractivity contribution < 1.29 is 28.7 Å². The average molecular weight is 581 g/mol. The molecule has 4 amide bonds. The maximum atomic E-state index is 13.4. The van der Waals surface area contributed by atoms with E-state index < -0.39 is 35.8 Å². The Morgan fingerprint density at radius 2 is 1.45 bits per heavy atom. The van der Waals surface area contributed by atoms with Crippen LogP contribution in [-0.2, 0) is 32.1 Å². The SMILES string of the molecule is CC(C)NC(=O)/C=C/[C@H](Cc1ccccc1)NC(=O)[C@@H](CCCNC(=O)OCc1ccccc1)NC(=O)OC(C)(C)C. The molecule has 0 fully saturated rings. The Morgan fingerprint density at radius 3 is 2.05 bits per heavy atom. The zero-order valence-corrected chi connectivity index (χ0v) is 25.1. The van der Waals surface area contributed by atoms with E-state index in [1.165, 1.54) is 6.08 Å². The van der Waals surface area contributed by atoms with Gasteiger partial charge in [-0.3, -0.25) is 9.59 Å². The molecule has 4 N–H and O–H groups in total. The molecule has 2 rings (SSSR count). The summed E-state index contributed by atoms with van der Waals surface area (Å²) < 4.78 is 10.6. The second-order valence-electron chi connectivity index (χ2n) is 11.2. The molecule has 0 aliphatic heterocycles. The highest BCUT2D eigenvalue weighted by atomic mass is 16.6. The second-order valence-corrected chi connectivity index (χ2v) is 11.2. The fraction of sp³-hybridized carbons (Fsp3) is 0.438. The van der Waals surface area contributed by atoms with E-state index in [0.717, 1.165) is 11.1 Å². The molecule has 10 heteroatoms. The van der Waals surface area contributed by atoms with Crippen LogP contribution in [0.5, 0.6) is 0 Å². The first kappa shape index (κ1) is 33.9. The minimum atomic E-state index is -0.946. The maximum absolute atomic E-state index is 13.4. The standard InChI is InChI=1S/C32H44N4O6/c1-23(2)34-28(37)19-18-26(21-24-13-8-6-9-14-24)35-29(38)27(36-31(40)42-32(3,4)5)17-12-20-33-30(39)41-22-25-15-10-7-11-16-25/h6-11,13-16,18-19,23,26-27H,12,17,20-22H2,1-5H3,(H,33,39)(H,34,37)(H,35,38)(H,36,40)/b19-18+/t26-,27-/m1/s1. The molecule has 0 spiro atoms. The van der Waals surface area contributed by atoms with Crippen molar-refractivity contribution in [1.82, 2.24) is 21.3 Å². The smallest absolute Gasteiger partial charge is 0.408 e. The van der Waals surface area contributed by atoms with Crippen molar-refractivity contribution in [2.75, 3.05) is 6.54 Å². The predicted octanol–water partition coefficient (Wildman–Crippen LogP) is 4.39. The van der Waals surface area contributed by atoms with Crippen LogP contribution >= 0.6 is 0 Å². The van der Waals surface area contributed by atoms with Crippen molar-refractivity contribution in [2.45, 2.75) is 84.2 Å². The lowest BCUT2D eigenvalue weighted by molar-refractivity contribution is -0.124. The van der Waals surface area contributed by atoms with Crippen LogP contribution in [0.25, 0.3) is 0 Å². The summed E-state index contributed by atoms with van der Waals surface area (Å²) >= 11 is 0. The van der Waals surface area contributed by atoms with Gasteiger partial charge in [0.25, 0.3) is 0 Å². The van der Waals surface area contributed by atoms with E-state index in [4.69, 9.17) is 9.47 Å². The number of ether oxygens (including phenoxy) is 2. The molecule has 2 aromatic carbocycles. The molecule has 0 unspecified atom stereocenters. The van der Waals surface area contributed by atoms with Gasteiger partial charge < -0.3 is 30.7 Å². The Hall–Kier alpha value is -4.34. The molecule has 42 heavy (non-hydrogen) atoms. The van der Waals surface area contributed by atoms with Gasteiger partial charge in [-0.1, -0.05) is 66.7 Å². The zero-order valence-electron chi connectivity index (χ0n) is 25.1. The van der Waals surface area contributed by atoms with Gasteiger partial charge in [-0.15, -0.1) is 0 Å². The van der Waals surface area contributed by atoms with Crippen LogP contribution < -0.4 is 21.3 Å². The van der Waals surface area contributed by atoms with Crippen molar-refractivity contribution in [3.05, 3.63) is 83.9 Å². The molecular formula is C32H44N4O6. The van der Waals surface area contributed by atoms with Crippen LogP contribution in [0, 0.1) is 0 Å². The van der Waals surface area contributed by atoms with Gasteiger partial charge in [0.05, 0.1) is 6.04 Å². The van der Waals surface area contributed by atoms with Gasteiger partial charge in [-0.05, 0) is 65.0 Å². The Bertz CT molecular complexity index is 1160. The number of amides is 4. The van der Waals surface area contributed by atoms with Crippen LogP contribution in [0.4, 0.5) is 9.59 Å². The highest BCUT2D eigenvalue weighted by Gasteiger charge is 2.25. The predicted molar refractivity (Wildman–Crippen MR) is 162 cm³/mol. The zero-order chi connectivity index (χ0) is 31.0. The summed E-state index contributed by atoms with van der Waals surface area (Å²) in [5, 5.41) is 11.0. The Morgan fingerprint density at radius 1 is 0.833 bits per heavy atom. The Balaban J connectivity index is 2.04. The first-order valence-electron chi connectivity index (χ1n) is 14.2.